The molecule has 2 unspecified atom stereocenters. The number of piperazine rings is 1. The Balaban J connectivity index is 0.00000161. The highest BCUT2D eigenvalue weighted by molar-refractivity contribution is 6.35. The molecule has 1 aromatic rings. The van der Waals surface area contributed by atoms with Crippen molar-refractivity contribution in [3.05, 3.63) is 33.8 Å². The van der Waals surface area contributed by atoms with E-state index in [1.165, 1.54) is 0 Å². The summed E-state index contributed by atoms with van der Waals surface area (Å²) in [6.07, 6.45) is 0.900. The first kappa shape index (κ1) is 16.9. The second-order valence-electron chi connectivity index (χ2n) is 5.70. The third kappa shape index (κ3) is 3.48. The van der Waals surface area contributed by atoms with Crippen LogP contribution in [0.25, 0.3) is 0 Å². The number of amides is 1. The molecule has 0 bridgehead atoms. The topological polar surface area (TPSA) is 32.3 Å². The van der Waals surface area contributed by atoms with Crippen LogP contribution in [0, 0.1) is 5.92 Å². The molecule has 116 valence electrons. The number of hydrogen-bond donors (Lipinski definition) is 1. The van der Waals surface area contributed by atoms with E-state index >= 15 is 0 Å². The van der Waals surface area contributed by atoms with Gasteiger partial charge in [0, 0.05) is 41.6 Å². The fraction of sp³-hybridized carbons (Fsp3) is 0.533. The zero-order valence-corrected chi connectivity index (χ0v) is 14.1. The van der Waals surface area contributed by atoms with Gasteiger partial charge in [0.15, 0.2) is 0 Å². The number of carbonyl (C=O) groups excluding carboxylic acids is 1. The number of rotatable bonds is 2. The summed E-state index contributed by atoms with van der Waals surface area (Å²) in [5.74, 6) is 0.624. The van der Waals surface area contributed by atoms with Gasteiger partial charge in [-0.05, 0) is 37.0 Å². The Morgan fingerprint density at radius 3 is 2.81 bits per heavy atom. The third-order valence-corrected chi connectivity index (χ3v) is 4.82. The normalized spacial score (nSPS) is 28.0. The van der Waals surface area contributed by atoms with Gasteiger partial charge in [-0.1, -0.05) is 29.3 Å². The van der Waals surface area contributed by atoms with Gasteiger partial charge in [0.25, 0.3) is 0 Å². The summed E-state index contributed by atoms with van der Waals surface area (Å²) < 4.78 is 0. The Bertz CT molecular complexity index is 538. The number of carbonyl (C=O) groups is 1. The third-order valence-electron chi connectivity index (χ3n) is 4.25. The molecular formula is C15H19Cl3N2O. The highest BCUT2D eigenvalue weighted by Gasteiger charge is 2.47. The number of nitrogens with one attached hydrogen (secondary N) is 1. The number of nitrogens with zero attached hydrogens (tertiary/aromatic N) is 1. The molecule has 0 radical (unpaired) electrons. The van der Waals surface area contributed by atoms with Gasteiger partial charge in [-0.15, -0.1) is 12.4 Å². The smallest absolute Gasteiger partial charge is 0.226 e. The minimum absolute atomic E-state index is 0. The SMILES string of the molecule is C[C@@H]1CNCCN1C(=O)C1CC1c1ccc(Cl)cc1Cl.Cl. The minimum atomic E-state index is 0. The standard InChI is InChI=1S/C15H18Cl2N2O.ClH/c1-9-8-18-4-5-19(9)15(20)13-7-12(13)11-3-2-10(16)6-14(11)17;/h2-3,6,9,12-13,18H,4-5,7-8H2,1H3;1H/t9-,12?,13?;/m1./s1. The zero-order valence-electron chi connectivity index (χ0n) is 11.8. The summed E-state index contributed by atoms with van der Waals surface area (Å²) >= 11 is 12.1. The first-order valence-corrected chi connectivity index (χ1v) is 7.79. The van der Waals surface area contributed by atoms with Crippen LogP contribution in [0.4, 0.5) is 0 Å². The van der Waals surface area contributed by atoms with E-state index in [9.17, 15) is 4.79 Å². The molecule has 2 aliphatic rings. The average Bonchev–Trinajstić information content (AvgIpc) is 3.18. The van der Waals surface area contributed by atoms with E-state index < -0.39 is 0 Å². The maximum atomic E-state index is 12.6. The van der Waals surface area contributed by atoms with Crippen molar-refractivity contribution >= 4 is 41.5 Å². The molecular weight excluding hydrogens is 331 g/mol. The van der Waals surface area contributed by atoms with E-state index in [-0.39, 0.29) is 36.2 Å². The lowest BCUT2D eigenvalue weighted by Crippen LogP contribution is -2.52. The van der Waals surface area contributed by atoms with Crippen molar-refractivity contribution in [2.75, 3.05) is 19.6 Å². The number of benzene rings is 1. The Morgan fingerprint density at radius 2 is 2.14 bits per heavy atom. The predicted octanol–water partition coefficient (Wildman–Crippen LogP) is 3.34. The van der Waals surface area contributed by atoms with Crippen LogP contribution < -0.4 is 5.32 Å². The molecule has 1 amide bonds. The minimum Gasteiger partial charge on any atom is -0.337 e. The molecule has 21 heavy (non-hydrogen) atoms. The summed E-state index contributed by atoms with van der Waals surface area (Å²) in [5, 5.41) is 4.62. The van der Waals surface area contributed by atoms with E-state index in [4.69, 9.17) is 23.2 Å². The lowest BCUT2D eigenvalue weighted by molar-refractivity contribution is -0.135. The van der Waals surface area contributed by atoms with Crippen molar-refractivity contribution in [1.29, 1.82) is 0 Å². The lowest BCUT2D eigenvalue weighted by Gasteiger charge is -2.34. The molecule has 1 N–H and O–H groups in total. The van der Waals surface area contributed by atoms with E-state index in [2.05, 4.69) is 12.2 Å². The van der Waals surface area contributed by atoms with Gasteiger partial charge in [0.1, 0.15) is 0 Å². The van der Waals surface area contributed by atoms with Crippen LogP contribution in [0.5, 0.6) is 0 Å². The molecule has 1 saturated carbocycles. The van der Waals surface area contributed by atoms with E-state index in [0.29, 0.717) is 10.0 Å². The monoisotopic (exact) mass is 348 g/mol. The fourth-order valence-corrected chi connectivity index (χ4v) is 3.54. The Hall–Kier alpha value is -0.480. The second-order valence-corrected chi connectivity index (χ2v) is 6.54. The molecule has 3 rings (SSSR count). The summed E-state index contributed by atoms with van der Waals surface area (Å²) in [7, 11) is 0. The van der Waals surface area contributed by atoms with E-state index in [1.807, 2.05) is 17.0 Å². The van der Waals surface area contributed by atoms with Crippen LogP contribution in [-0.4, -0.2) is 36.5 Å². The van der Waals surface area contributed by atoms with Crippen molar-refractivity contribution in [1.82, 2.24) is 10.2 Å². The van der Waals surface area contributed by atoms with Crippen LogP contribution >= 0.6 is 35.6 Å². The fourth-order valence-electron chi connectivity index (χ4n) is 3.00. The highest BCUT2D eigenvalue weighted by atomic mass is 35.5. The summed E-state index contributed by atoms with van der Waals surface area (Å²) in [5.41, 5.74) is 1.05. The van der Waals surface area contributed by atoms with Gasteiger partial charge in [-0.3, -0.25) is 4.79 Å². The molecule has 1 aliphatic carbocycles. The first-order valence-electron chi connectivity index (χ1n) is 7.04. The number of halogens is 3. The molecule has 3 nitrogen and oxygen atoms in total. The zero-order chi connectivity index (χ0) is 14.3. The molecule has 1 saturated heterocycles. The molecule has 3 atom stereocenters. The van der Waals surface area contributed by atoms with E-state index in [0.717, 1.165) is 31.6 Å². The quantitative estimate of drug-likeness (QED) is 0.888. The van der Waals surface area contributed by atoms with Crippen molar-refractivity contribution in [3.8, 4) is 0 Å². The lowest BCUT2D eigenvalue weighted by atomic mass is 10.1. The van der Waals surface area contributed by atoms with E-state index in [1.54, 1.807) is 6.07 Å². The summed E-state index contributed by atoms with van der Waals surface area (Å²) in [4.78, 5) is 14.6. The molecule has 0 spiro atoms. The molecule has 2 fully saturated rings. The molecule has 1 aliphatic heterocycles. The largest absolute Gasteiger partial charge is 0.337 e. The van der Waals surface area contributed by atoms with Gasteiger partial charge in [0.2, 0.25) is 5.91 Å². The van der Waals surface area contributed by atoms with Gasteiger partial charge in [0.05, 0.1) is 0 Å². The number of hydrogen-bond acceptors (Lipinski definition) is 2. The van der Waals surface area contributed by atoms with Crippen LogP contribution in [0.15, 0.2) is 18.2 Å². The van der Waals surface area contributed by atoms with Crippen molar-refractivity contribution in [2.24, 2.45) is 5.92 Å². The van der Waals surface area contributed by atoms with Crippen LogP contribution in [0.2, 0.25) is 10.0 Å². The van der Waals surface area contributed by atoms with Crippen LogP contribution in [-0.2, 0) is 4.79 Å². The predicted molar refractivity (Wildman–Crippen MR) is 88.6 cm³/mol. The van der Waals surface area contributed by atoms with Gasteiger partial charge in [-0.25, -0.2) is 0 Å². The average molecular weight is 350 g/mol. The summed E-state index contributed by atoms with van der Waals surface area (Å²) in [6.45, 7) is 4.66. The van der Waals surface area contributed by atoms with Crippen LogP contribution in [0.1, 0.15) is 24.8 Å². The first-order chi connectivity index (χ1) is 9.58. The molecule has 0 aromatic heterocycles. The molecule has 1 heterocycles. The highest BCUT2D eigenvalue weighted by Crippen LogP contribution is 2.51. The second kappa shape index (κ2) is 6.74. The van der Waals surface area contributed by atoms with Gasteiger partial charge in [-0.2, -0.15) is 0 Å². The Morgan fingerprint density at radius 1 is 1.38 bits per heavy atom. The van der Waals surface area contributed by atoms with Gasteiger partial charge >= 0.3 is 0 Å². The molecule has 1 aromatic carbocycles. The maximum Gasteiger partial charge on any atom is 0.226 e. The Labute approximate surface area is 141 Å². The van der Waals surface area contributed by atoms with Crippen molar-refractivity contribution < 1.29 is 4.79 Å². The Kier molecular flexibility index (Phi) is 5.42. The van der Waals surface area contributed by atoms with Gasteiger partial charge < -0.3 is 10.2 Å². The molecule has 6 heteroatoms. The maximum absolute atomic E-state index is 12.6. The summed E-state index contributed by atoms with van der Waals surface area (Å²) in [6, 6.07) is 5.82. The van der Waals surface area contributed by atoms with Crippen molar-refractivity contribution in [2.45, 2.75) is 25.3 Å². The van der Waals surface area contributed by atoms with Crippen LogP contribution in [0.3, 0.4) is 0 Å². The van der Waals surface area contributed by atoms with Crippen molar-refractivity contribution in [3.63, 3.8) is 0 Å².